The summed E-state index contributed by atoms with van der Waals surface area (Å²) < 4.78 is 41.0. The molecular formula is C26H35N5O4S. The molecule has 1 aliphatic rings. The van der Waals surface area contributed by atoms with Gasteiger partial charge in [0.25, 0.3) is 0 Å². The highest BCUT2D eigenvalue weighted by Crippen LogP contribution is 2.37. The third-order valence-electron chi connectivity index (χ3n) is 7.25. The van der Waals surface area contributed by atoms with Crippen LogP contribution in [0.25, 0.3) is 11.4 Å². The van der Waals surface area contributed by atoms with Crippen LogP contribution in [0.3, 0.4) is 0 Å². The molecule has 0 bridgehead atoms. The van der Waals surface area contributed by atoms with Crippen LogP contribution in [0.15, 0.2) is 42.7 Å². The molecule has 0 aliphatic heterocycles. The molecule has 0 N–H and O–H groups in total. The number of ether oxygens (including phenoxy) is 2. The lowest BCUT2D eigenvalue weighted by Crippen LogP contribution is -2.41. The molecule has 5 atom stereocenters. The number of hydrogen-bond acceptors (Lipinski definition) is 8. The Kier molecular flexibility index (Phi) is 8.17. The lowest BCUT2D eigenvalue weighted by molar-refractivity contribution is -0.0561. The minimum atomic E-state index is -3.63. The first-order valence-corrected chi connectivity index (χ1v) is 14.0. The minimum Gasteiger partial charge on any atom is -0.379 e. The van der Waals surface area contributed by atoms with Gasteiger partial charge in [0.05, 0.1) is 23.5 Å². The zero-order valence-corrected chi connectivity index (χ0v) is 22.4. The van der Waals surface area contributed by atoms with Crippen molar-refractivity contribution < 1.29 is 17.9 Å². The highest BCUT2D eigenvalue weighted by atomic mass is 32.2. The van der Waals surface area contributed by atoms with Crippen molar-refractivity contribution in [1.82, 2.24) is 24.7 Å². The summed E-state index contributed by atoms with van der Waals surface area (Å²) in [6.07, 6.45) is 5.77. The Bertz CT molecular complexity index is 1240. The number of methoxy groups -OCH3 is 2. The number of nitrogens with zero attached hydrogens (tertiary/aromatic N) is 5. The molecule has 10 heteroatoms. The predicted octanol–water partition coefficient (Wildman–Crippen LogP) is 3.91. The predicted molar refractivity (Wildman–Crippen MR) is 137 cm³/mol. The minimum absolute atomic E-state index is 0.152. The van der Waals surface area contributed by atoms with E-state index in [2.05, 4.69) is 20.2 Å². The van der Waals surface area contributed by atoms with E-state index in [1.807, 2.05) is 48.7 Å². The molecule has 1 aliphatic carbocycles. The summed E-state index contributed by atoms with van der Waals surface area (Å²) in [7, 11) is -0.265. The molecule has 1 fully saturated rings. The van der Waals surface area contributed by atoms with Crippen molar-refractivity contribution in [3.05, 3.63) is 59.9 Å². The van der Waals surface area contributed by atoms with Gasteiger partial charge in [0, 0.05) is 38.1 Å². The van der Waals surface area contributed by atoms with Crippen molar-refractivity contribution in [3.8, 4) is 11.4 Å². The summed E-state index contributed by atoms with van der Waals surface area (Å²) >= 11 is 0. The molecule has 1 unspecified atom stereocenters. The Morgan fingerprint density at radius 3 is 2.19 bits per heavy atom. The zero-order chi connectivity index (χ0) is 25.9. The van der Waals surface area contributed by atoms with Crippen LogP contribution < -0.4 is 0 Å². The fourth-order valence-electron chi connectivity index (χ4n) is 4.94. The van der Waals surface area contributed by atoms with E-state index in [-0.39, 0.29) is 29.9 Å². The lowest BCUT2D eigenvalue weighted by atomic mass is 9.89. The average molecular weight is 514 g/mol. The molecule has 0 amide bonds. The molecule has 194 valence electrons. The quantitative estimate of drug-likeness (QED) is 0.424. The topological polar surface area (TPSA) is 109 Å². The molecule has 1 saturated carbocycles. The Hall–Kier alpha value is -2.69. The van der Waals surface area contributed by atoms with E-state index in [4.69, 9.17) is 9.47 Å². The Labute approximate surface area is 213 Å². The second kappa shape index (κ2) is 11.1. The molecule has 0 saturated heterocycles. The average Bonchev–Trinajstić information content (AvgIpc) is 3.30. The van der Waals surface area contributed by atoms with E-state index < -0.39 is 15.1 Å². The number of benzene rings is 1. The second-order valence-electron chi connectivity index (χ2n) is 9.57. The van der Waals surface area contributed by atoms with Gasteiger partial charge in [0.2, 0.25) is 0 Å². The maximum atomic E-state index is 13.7. The highest BCUT2D eigenvalue weighted by molar-refractivity contribution is 7.91. The first-order valence-electron chi connectivity index (χ1n) is 12.3. The third-order valence-corrected chi connectivity index (χ3v) is 9.45. The first-order chi connectivity index (χ1) is 17.3. The van der Waals surface area contributed by atoms with E-state index in [0.29, 0.717) is 17.5 Å². The normalized spacial score (nSPS) is 22.3. The van der Waals surface area contributed by atoms with E-state index in [1.165, 1.54) is 0 Å². The van der Waals surface area contributed by atoms with Crippen molar-refractivity contribution in [2.45, 2.75) is 75.2 Å². The third kappa shape index (κ3) is 5.35. The van der Waals surface area contributed by atoms with Crippen LogP contribution >= 0.6 is 0 Å². The fraction of sp³-hybridized carbons (Fsp3) is 0.538. The van der Waals surface area contributed by atoms with Gasteiger partial charge in [-0.15, -0.1) is 10.2 Å². The summed E-state index contributed by atoms with van der Waals surface area (Å²) in [5.41, 5.74) is 1.79. The molecule has 1 aromatic carbocycles. The zero-order valence-electron chi connectivity index (χ0n) is 21.5. The summed E-state index contributed by atoms with van der Waals surface area (Å²) in [6, 6.07) is 9.44. The van der Waals surface area contributed by atoms with Crippen LogP contribution in [0.5, 0.6) is 0 Å². The van der Waals surface area contributed by atoms with Gasteiger partial charge >= 0.3 is 0 Å². The smallest absolute Gasteiger partial charge is 0.164 e. The SMILES string of the molecule is CO[C@H]1CCC[C@@H](OC)C1n1c(CS(=O)(=O)[C@@H](C)[C@H](C)c2ncc(C)cn2)nnc1-c1ccccc1. The largest absolute Gasteiger partial charge is 0.379 e. The number of sulfone groups is 1. The van der Waals surface area contributed by atoms with Crippen molar-refractivity contribution in [1.29, 1.82) is 0 Å². The van der Waals surface area contributed by atoms with Gasteiger partial charge in [-0.2, -0.15) is 0 Å². The first kappa shape index (κ1) is 26.4. The fourth-order valence-corrected chi connectivity index (χ4v) is 6.50. The molecule has 0 spiro atoms. The van der Waals surface area contributed by atoms with E-state index in [9.17, 15) is 8.42 Å². The molecule has 9 nitrogen and oxygen atoms in total. The van der Waals surface area contributed by atoms with E-state index in [1.54, 1.807) is 33.5 Å². The van der Waals surface area contributed by atoms with Crippen LogP contribution in [0.4, 0.5) is 0 Å². The molecule has 3 aromatic rings. The Morgan fingerprint density at radius 2 is 1.61 bits per heavy atom. The number of hydrogen-bond donors (Lipinski definition) is 0. The van der Waals surface area contributed by atoms with E-state index >= 15 is 0 Å². The van der Waals surface area contributed by atoms with Crippen LogP contribution in [-0.4, -0.2) is 64.8 Å². The molecule has 4 rings (SSSR count). The molecule has 0 radical (unpaired) electrons. The van der Waals surface area contributed by atoms with Crippen molar-refractivity contribution in [3.63, 3.8) is 0 Å². The van der Waals surface area contributed by atoms with Crippen molar-refractivity contribution in [2.75, 3.05) is 14.2 Å². The number of aromatic nitrogens is 5. The summed E-state index contributed by atoms with van der Waals surface area (Å²) in [5, 5.41) is 8.16. The van der Waals surface area contributed by atoms with Gasteiger partial charge in [0.15, 0.2) is 15.7 Å². The molecule has 2 heterocycles. The second-order valence-corrected chi connectivity index (χ2v) is 11.9. The molecule has 36 heavy (non-hydrogen) atoms. The Balaban J connectivity index is 1.74. The van der Waals surface area contributed by atoms with Gasteiger partial charge in [-0.1, -0.05) is 37.3 Å². The highest BCUT2D eigenvalue weighted by Gasteiger charge is 2.40. The van der Waals surface area contributed by atoms with Crippen LogP contribution in [0, 0.1) is 6.92 Å². The number of aryl methyl sites for hydroxylation is 1. The van der Waals surface area contributed by atoms with Gasteiger partial charge in [-0.3, -0.25) is 0 Å². The van der Waals surface area contributed by atoms with Gasteiger partial charge in [-0.05, 0) is 38.7 Å². The monoisotopic (exact) mass is 513 g/mol. The summed E-state index contributed by atoms with van der Waals surface area (Å²) in [6.45, 7) is 5.45. The Morgan fingerprint density at radius 1 is 1.00 bits per heavy atom. The van der Waals surface area contributed by atoms with Crippen molar-refractivity contribution in [2.24, 2.45) is 0 Å². The van der Waals surface area contributed by atoms with Crippen molar-refractivity contribution >= 4 is 9.84 Å². The molecular weight excluding hydrogens is 478 g/mol. The summed E-state index contributed by atoms with van der Waals surface area (Å²) in [4.78, 5) is 8.71. The lowest BCUT2D eigenvalue weighted by Gasteiger charge is -2.38. The molecule has 2 aromatic heterocycles. The maximum Gasteiger partial charge on any atom is 0.164 e. The van der Waals surface area contributed by atoms with E-state index in [0.717, 1.165) is 30.4 Å². The van der Waals surface area contributed by atoms with Crippen LogP contribution in [0.2, 0.25) is 0 Å². The van der Waals surface area contributed by atoms with Gasteiger partial charge < -0.3 is 14.0 Å². The van der Waals surface area contributed by atoms with Gasteiger partial charge in [0.1, 0.15) is 17.4 Å². The maximum absolute atomic E-state index is 13.7. The number of rotatable bonds is 9. The standard InChI is InChI=1S/C26H35N5O4S/c1-17-14-27-25(28-15-17)18(2)19(3)36(32,33)16-23-29-30-26(20-10-7-6-8-11-20)31(23)24-21(34-4)12-9-13-22(24)35-5/h6-8,10-11,14-15,18-19,21-22,24H,9,12-13,16H2,1-5H3/t18-,19-,21-,22+,24?/m0/s1. The van der Waals surface area contributed by atoms with Crippen LogP contribution in [-0.2, 0) is 25.1 Å². The van der Waals surface area contributed by atoms with Gasteiger partial charge in [-0.25, -0.2) is 18.4 Å². The summed E-state index contributed by atoms with van der Waals surface area (Å²) in [5.74, 6) is 0.865. The van der Waals surface area contributed by atoms with Crippen LogP contribution in [0.1, 0.15) is 62.3 Å².